The van der Waals surface area contributed by atoms with E-state index in [1.54, 1.807) is 14.2 Å². The number of benzene rings is 1. The molecule has 20 heavy (non-hydrogen) atoms. The van der Waals surface area contributed by atoms with E-state index in [-0.39, 0.29) is 0 Å². The Morgan fingerprint density at radius 2 is 2.05 bits per heavy atom. The van der Waals surface area contributed by atoms with Crippen molar-refractivity contribution >= 4 is 15.9 Å². The van der Waals surface area contributed by atoms with Gasteiger partial charge in [0.15, 0.2) is 11.5 Å². The first kappa shape index (κ1) is 15.6. The largest absolute Gasteiger partial charge is 0.493 e. The summed E-state index contributed by atoms with van der Waals surface area (Å²) in [5.41, 5.74) is 1.17. The average molecular weight is 344 g/mol. The topological polar surface area (TPSA) is 39.7 Å². The van der Waals surface area contributed by atoms with Gasteiger partial charge in [0.25, 0.3) is 0 Å². The monoisotopic (exact) mass is 343 g/mol. The van der Waals surface area contributed by atoms with E-state index < -0.39 is 0 Å². The van der Waals surface area contributed by atoms with E-state index in [4.69, 9.17) is 14.2 Å². The summed E-state index contributed by atoms with van der Waals surface area (Å²) in [6, 6.07) is 3.95. The van der Waals surface area contributed by atoms with E-state index in [0.717, 1.165) is 48.2 Å². The maximum Gasteiger partial charge on any atom is 0.161 e. The standard InChI is InChI=1S/C15H22BrNO3/c1-18-14-7-12(13(16)8-15(14)19-2)9-17-5-3-11-4-6-20-10-11/h7-8,11,17H,3-6,9-10H2,1-2H3. The lowest BCUT2D eigenvalue weighted by molar-refractivity contribution is 0.184. The number of methoxy groups -OCH3 is 2. The van der Waals surface area contributed by atoms with Crippen molar-refractivity contribution in [2.24, 2.45) is 5.92 Å². The van der Waals surface area contributed by atoms with Gasteiger partial charge in [-0.05, 0) is 43.0 Å². The molecule has 1 fully saturated rings. The third-order valence-electron chi connectivity index (χ3n) is 3.62. The van der Waals surface area contributed by atoms with Gasteiger partial charge >= 0.3 is 0 Å². The molecule has 1 aliphatic rings. The summed E-state index contributed by atoms with van der Waals surface area (Å²) < 4.78 is 17.0. The Morgan fingerprint density at radius 1 is 1.30 bits per heavy atom. The Bertz CT molecular complexity index is 433. The Kier molecular flexibility index (Phi) is 6.13. The molecule has 1 aromatic carbocycles. The van der Waals surface area contributed by atoms with E-state index in [0.29, 0.717) is 0 Å². The molecule has 0 amide bonds. The van der Waals surface area contributed by atoms with Crippen molar-refractivity contribution in [2.45, 2.75) is 19.4 Å². The second kappa shape index (κ2) is 7.86. The molecule has 2 rings (SSSR count). The van der Waals surface area contributed by atoms with Gasteiger partial charge in [-0.15, -0.1) is 0 Å². The van der Waals surface area contributed by atoms with Gasteiger partial charge in [0.05, 0.1) is 14.2 Å². The fourth-order valence-corrected chi connectivity index (χ4v) is 2.83. The molecule has 1 atom stereocenters. The zero-order chi connectivity index (χ0) is 14.4. The Morgan fingerprint density at radius 3 is 2.70 bits per heavy atom. The minimum atomic E-state index is 0.719. The number of hydrogen-bond donors (Lipinski definition) is 1. The molecule has 1 saturated heterocycles. The number of nitrogens with one attached hydrogen (secondary N) is 1. The van der Waals surface area contributed by atoms with Gasteiger partial charge in [-0.1, -0.05) is 15.9 Å². The van der Waals surface area contributed by atoms with Crippen molar-refractivity contribution in [3.05, 3.63) is 22.2 Å². The molecule has 0 radical (unpaired) electrons. The number of hydrogen-bond acceptors (Lipinski definition) is 4. The second-order valence-electron chi connectivity index (χ2n) is 4.99. The van der Waals surface area contributed by atoms with Crippen molar-refractivity contribution < 1.29 is 14.2 Å². The molecule has 0 spiro atoms. The second-order valence-corrected chi connectivity index (χ2v) is 5.85. The molecular formula is C15H22BrNO3. The molecule has 1 aliphatic heterocycles. The highest BCUT2D eigenvalue weighted by Gasteiger charge is 2.15. The zero-order valence-corrected chi connectivity index (χ0v) is 13.7. The normalized spacial score (nSPS) is 18.2. The smallest absolute Gasteiger partial charge is 0.161 e. The molecule has 1 aromatic rings. The predicted octanol–water partition coefficient (Wildman–Crippen LogP) is 2.98. The Hall–Kier alpha value is -0.780. The quantitative estimate of drug-likeness (QED) is 0.772. The fourth-order valence-electron chi connectivity index (χ4n) is 2.37. The van der Waals surface area contributed by atoms with Crippen molar-refractivity contribution in [3.8, 4) is 11.5 Å². The molecule has 1 unspecified atom stereocenters. The Balaban J connectivity index is 1.85. The number of rotatable bonds is 7. The van der Waals surface area contributed by atoms with Crippen LogP contribution in [0.15, 0.2) is 16.6 Å². The van der Waals surface area contributed by atoms with Crippen molar-refractivity contribution in [2.75, 3.05) is 34.0 Å². The van der Waals surface area contributed by atoms with Gasteiger partial charge < -0.3 is 19.5 Å². The highest BCUT2D eigenvalue weighted by molar-refractivity contribution is 9.10. The number of ether oxygens (including phenoxy) is 3. The average Bonchev–Trinajstić information content (AvgIpc) is 2.97. The van der Waals surface area contributed by atoms with Crippen LogP contribution in [0.5, 0.6) is 11.5 Å². The molecule has 4 nitrogen and oxygen atoms in total. The maximum absolute atomic E-state index is 5.38. The predicted molar refractivity (Wildman–Crippen MR) is 82.5 cm³/mol. The molecule has 0 bridgehead atoms. The van der Waals surface area contributed by atoms with Crippen LogP contribution in [0.1, 0.15) is 18.4 Å². The summed E-state index contributed by atoms with van der Waals surface area (Å²) in [4.78, 5) is 0. The molecule has 1 heterocycles. The summed E-state index contributed by atoms with van der Waals surface area (Å²) >= 11 is 3.57. The summed E-state index contributed by atoms with van der Waals surface area (Å²) in [7, 11) is 3.30. The lowest BCUT2D eigenvalue weighted by Crippen LogP contribution is -2.18. The van der Waals surface area contributed by atoms with Crippen LogP contribution in [0.4, 0.5) is 0 Å². The maximum atomic E-state index is 5.38. The first-order chi connectivity index (χ1) is 9.74. The van der Waals surface area contributed by atoms with Gasteiger partial charge in [-0.2, -0.15) is 0 Å². The SMILES string of the molecule is COc1cc(Br)c(CNCCC2CCOC2)cc1OC. The van der Waals surface area contributed by atoms with E-state index in [9.17, 15) is 0 Å². The van der Waals surface area contributed by atoms with E-state index in [1.165, 1.54) is 18.4 Å². The van der Waals surface area contributed by atoms with Crippen LogP contribution in [0.25, 0.3) is 0 Å². The summed E-state index contributed by atoms with van der Waals surface area (Å²) in [6.45, 7) is 3.66. The zero-order valence-electron chi connectivity index (χ0n) is 12.1. The van der Waals surface area contributed by atoms with Crippen LogP contribution in [-0.2, 0) is 11.3 Å². The van der Waals surface area contributed by atoms with Crippen molar-refractivity contribution in [3.63, 3.8) is 0 Å². The van der Waals surface area contributed by atoms with Crippen LogP contribution < -0.4 is 14.8 Å². The summed E-state index contributed by atoms with van der Waals surface area (Å²) in [5.74, 6) is 2.22. The van der Waals surface area contributed by atoms with Crippen LogP contribution in [0, 0.1) is 5.92 Å². The first-order valence-electron chi connectivity index (χ1n) is 6.93. The van der Waals surface area contributed by atoms with Crippen molar-refractivity contribution in [1.82, 2.24) is 5.32 Å². The summed E-state index contributed by atoms with van der Waals surface area (Å²) in [6.07, 6.45) is 2.37. The third-order valence-corrected chi connectivity index (χ3v) is 4.36. The molecule has 5 heteroatoms. The van der Waals surface area contributed by atoms with Crippen LogP contribution >= 0.6 is 15.9 Å². The number of halogens is 1. The van der Waals surface area contributed by atoms with E-state index in [2.05, 4.69) is 21.2 Å². The lowest BCUT2D eigenvalue weighted by atomic mass is 10.1. The van der Waals surface area contributed by atoms with Gasteiger partial charge in [0, 0.05) is 24.2 Å². The van der Waals surface area contributed by atoms with Crippen LogP contribution in [0.2, 0.25) is 0 Å². The first-order valence-corrected chi connectivity index (χ1v) is 7.72. The van der Waals surface area contributed by atoms with Gasteiger partial charge in [0.1, 0.15) is 0 Å². The minimum Gasteiger partial charge on any atom is -0.493 e. The van der Waals surface area contributed by atoms with Crippen LogP contribution in [0.3, 0.4) is 0 Å². The third kappa shape index (κ3) is 4.11. The van der Waals surface area contributed by atoms with Gasteiger partial charge in [0.2, 0.25) is 0 Å². The lowest BCUT2D eigenvalue weighted by Gasteiger charge is -2.13. The minimum absolute atomic E-state index is 0.719. The molecule has 0 aliphatic carbocycles. The van der Waals surface area contributed by atoms with Gasteiger partial charge in [-0.3, -0.25) is 0 Å². The molecule has 0 saturated carbocycles. The highest BCUT2D eigenvalue weighted by atomic mass is 79.9. The van der Waals surface area contributed by atoms with Gasteiger partial charge in [-0.25, -0.2) is 0 Å². The van der Waals surface area contributed by atoms with E-state index in [1.807, 2.05) is 12.1 Å². The molecule has 0 aromatic heterocycles. The van der Waals surface area contributed by atoms with E-state index >= 15 is 0 Å². The highest BCUT2D eigenvalue weighted by Crippen LogP contribution is 2.33. The summed E-state index contributed by atoms with van der Waals surface area (Å²) in [5, 5.41) is 3.48. The van der Waals surface area contributed by atoms with Crippen LogP contribution in [-0.4, -0.2) is 34.0 Å². The molecule has 112 valence electrons. The molecule has 1 N–H and O–H groups in total. The fraction of sp³-hybridized carbons (Fsp3) is 0.600. The molecular weight excluding hydrogens is 322 g/mol. The Labute approximate surface area is 128 Å². The van der Waals surface area contributed by atoms with Crippen molar-refractivity contribution in [1.29, 1.82) is 0 Å².